The van der Waals surface area contributed by atoms with Crippen LogP contribution in [0.1, 0.15) is 21.5 Å². The van der Waals surface area contributed by atoms with Crippen LogP contribution in [0.5, 0.6) is 5.75 Å². The molecule has 0 saturated carbocycles. The number of methoxy groups -OCH3 is 1. The molecule has 0 radical (unpaired) electrons. The van der Waals surface area contributed by atoms with Gasteiger partial charge in [-0.2, -0.15) is 0 Å². The lowest BCUT2D eigenvalue weighted by atomic mass is 9.99. The Hall–Kier alpha value is -1.88. The van der Waals surface area contributed by atoms with E-state index >= 15 is 0 Å². The maximum Gasteiger partial charge on any atom is 0.199 e. The van der Waals surface area contributed by atoms with Gasteiger partial charge in [-0.25, -0.2) is 4.39 Å². The molecule has 0 aliphatic carbocycles. The molecule has 0 aromatic heterocycles. The fourth-order valence-corrected chi connectivity index (χ4v) is 2.33. The van der Waals surface area contributed by atoms with Crippen molar-refractivity contribution in [3.8, 4) is 5.75 Å². The van der Waals surface area contributed by atoms with Gasteiger partial charge in [-0.15, -0.1) is 0 Å². The van der Waals surface area contributed by atoms with Crippen LogP contribution in [0, 0.1) is 12.7 Å². The average Bonchev–Trinajstić information content (AvgIpc) is 2.42. The van der Waals surface area contributed by atoms with Gasteiger partial charge < -0.3 is 10.5 Å². The van der Waals surface area contributed by atoms with Crippen LogP contribution in [0.2, 0.25) is 0 Å². The van der Waals surface area contributed by atoms with Gasteiger partial charge in [-0.1, -0.05) is 15.9 Å². The van der Waals surface area contributed by atoms with Crippen molar-refractivity contribution < 1.29 is 13.9 Å². The Labute approximate surface area is 124 Å². The van der Waals surface area contributed by atoms with E-state index in [4.69, 9.17) is 10.5 Å². The zero-order valence-electron chi connectivity index (χ0n) is 11.0. The first-order valence-corrected chi connectivity index (χ1v) is 6.67. The fourth-order valence-electron chi connectivity index (χ4n) is 1.97. The molecule has 2 N–H and O–H groups in total. The third-order valence-corrected chi connectivity index (χ3v) is 3.42. The molecule has 0 spiro atoms. The Morgan fingerprint density at radius 1 is 1.25 bits per heavy atom. The number of aryl methyl sites for hydroxylation is 1. The lowest BCUT2D eigenvalue weighted by molar-refractivity contribution is 0.103. The van der Waals surface area contributed by atoms with E-state index in [2.05, 4.69) is 15.9 Å². The third-order valence-electron chi connectivity index (χ3n) is 2.93. The van der Waals surface area contributed by atoms with Crippen molar-refractivity contribution in [2.45, 2.75) is 6.92 Å². The van der Waals surface area contributed by atoms with Gasteiger partial charge in [0, 0.05) is 10.2 Å². The van der Waals surface area contributed by atoms with Gasteiger partial charge in [0.05, 0.1) is 18.2 Å². The smallest absolute Gasteiger partial charge is 0.199 e. The predicted octanol–water partition coefficient (Wildman–Crippen LogP) is 3.72. The summed E-state index contributed by atoms with van der Waals surface area (Å²) in [5.74, 6) is -0.639. The Morgan fingerprint density at radius 3 is 2.60 bits per heavy atom. The van der Waals surface area contributed by atoms with Crippen LogP contribution < -0.4 is 10.5 Å². The molecule has 104 valence electrons. The minimum absolute atomic E-state index is 0.0566. The lowest BCUT2D eigenvalue weighted by Gasteiger charge is -2.10. The number of nitrogens with two attached hydrogens (primary N) is 1. The number of ether oxygens (including phenoxy) is 1. The normalized spacial score (nSPS) is 10.4. The second kappa shape index (κ2) is 5.63. The maximum absolute atomic E-state index is 14.1. The highest BCUT2D eigenvalue weighted by Gasteiger charge is 2.20. The van der Waals surface area contributed by atoms with Gasteiger partial charge in [0.25, 0.3) is 0 Å². The monoisotopic (exact) mass is 337 g/mol. The summed E-state index contributed by atoms with van der Waals surface area (Å²) in [5, 5.41) is 0. The van der Waals surface area contributed by atoms with Crippen molar-refractivity contribution in [1.82, 2.24) is 0 Å². The Bertz CT molecular complexity index is 686. The summed E-state index contributed by atoms with van der Waals surface area (Å²) >= 11 is 3.29. The van der Waals surface area contributed by atoms with E-state index in [0.29, 0.717) is 21.5 Å². The van der Waals surface area contributed by atoms with E-state index in [-0.39, 0.29) is 11.1 Å². The van der Waals surface area contributed by atoms with Gasteiger partial charge >= 0.3 is 0 Å². The fraction of sp³-hybridized carbons (Fsp3) is 0.133. The summed E-state index contributed by atoms with van der Waals surface area (Å²) < 4.78 is 20.0. The standard InChI is InChI=1S/C15H13BrFNO2/c1-8-5-10(18)7-12(14(8)17)15(19)11-6-9(16)3-4-13(11)20-2/h3-7H,18H2,1-2H3. The maximum atomic E-state index is 14.1. The van der Waals surface area contributed by atoms with Crippen LogP contribution in [0.25, 0.3) is 0 Å². The number of halogens is 2. The predicted molar refractivity (Wildman–Crippen MR) is 79.7 cm³/mol. The summed E-state index contributed by atoms with van der Waals surface area (Å²) in [6, 6.07) is 7.82. The summed E-state index contributed by atoms with van der Waals surface area (Å²) in [5.41, 5.74) is 6.60. The van der Waals surface area contributed by atoms with Crippen LogP contribution in [0.4, 0.5) is 10.1 Å². The topological polar surface area (TPSA) is 52.3 Å². The minimum Gasteiger partial charge on any atom is -0.496 e. The highest BCUT2D eigenvalue weighted by atomic mass is 79.9. The Kier molecular flexibility index (Phi) is 4.09. The molecule has 0 heterocycles. The second-order valence-electron chi connectivity index (χ2n) is 4.37. The van der Waals surface area contributed by atoms with Gasteiger partial charge in [0.15, 0.2) is 5.78 Å². The molecule has 0 atom stereocenters. The molecule has 5 heteroatoms. The first-order valence-electron chi connectivity index (χ1n) is 5.88. The molecule has 0 fully saturated rings. The molecule has 3 nitrogen and oxygen atoms in total. The van der Waals surface area contributed by atoms with E-state index in [1.165, 1.54) is 19.2 Å². The molecule has 2 aromatic rings. The summed E-state index contributed by atoms with van der Waals surface area (Å²) in [7, 11) is 1.46. The quantitative estimate of drug-likeness (QED) is 0.686. The SMILES string of the molecule is COc1ccc(Br)cc1C(=O)c1cc(N)cc(C)c1F. The molecule has 0 amide bonds. The molecule has 0 saturated heterocycles. The van der Waals surface area contributed by atoms with E-state index in [0.717, 1.165) is 0 Å². The molecule has 0 aliphatic heterocycles. The minimum atomic E-state index is -0.564. The number of benzene rings is 2. The van der Waals surface area contributed by atoms with Gasteiger partial charge in [0.2, 0.25) is 0 Å². The summed E-state index contributed by atoms with van der Waals surface area (Å²) in [6.45, 7) is 1.57. The molecule has 2 rings (SSSR count). The number of carbonyl (C=O) groups is 1. The van der Waals surface area contributed by atoms with E-state index < -0.39 is 11.6 Å². The molecular formula is C15H13BrFNO2. The molecule has 2 aromatic carbocycles. The largest absolute Gasteiger partial charge is 0.496 e. The van der Waals surface area contributed by atoms with E-state index in [9.17, 15) is 9.18 Å². The van der Waals surface area contributed by atoms with Crippen molar-refractivity contribution in [3.05, 3.63) is 57.3 Å². The molecule has 0 aliphatic rings. The first kappa shape index (κ1) is 14.5. The van der Waals surface area contributed by atoms with Gasteiger partial charge in [-0.05, 0) is 42.8 Å². The van der Waals surface area contributed by atoms with Gasteiger partial charge in [0.1, 0.15) is 11.6 Å². The Morgan fingerprint density at radius 2 is 1.95 bits per heavy atom. The number of hydrogen-bond donors (Lipinski definition) is 1. The zero-order valence-corrected chi connectivity index (χ0v) is 12.6. The molecule has 0 bridgehead atoms. The van der Waals surface area contributed by atoms with Crippen molar-refractivity contribution in [3.63, 3.8) is 0 Å². The number of hydrogen-bond acceptors (Lipinski definition) is 3. The molecule has 0 unspecified atom stereocenters. The number of nitrogen functional groups attached to an aromatic ring is 1. The summed E-state index contributed by atoms with van der Waals surface area (Å²) in [6.07, 6.45) is 0. The van der Waals surface area contributed by atoms with E-state index in [1.54, 1.807) is 25.1 Å². The number of rotatable bonds is 3. The highest BCUT2D eigenvalue weighted by molar-refractivity contribution is 9.10. The van der Waals surface area contributed by atoms with Crippen LogP contribution in [-0.2, 0) is 0 Å². The second-order valence-corrected chi connectivity index (χ2v) is 5.29. The number of carbonyl (C=O) groups excluding carboxylic acids is 1. The van der Waals surface area contributed by atoms with Crippen LogP contribution >= 0.6 is 15.9 Å². The van der Waals surface area contributed by atoms with Crippen molar-refractivity contribution in [2.75, 3.05) is 12.8 Å². The average molecular weight is 338 g/mol. The zero-order chi connectivity index (χ0) is 14.9. The number of ketones is 1. The Balaban J connectivity index is 2.60. The lowest BCUT2D eigenvalue weighted by Crippen LogP contribution is -2.08. The van der Waals surface area contributed by atoms with E-state index in [1.807, 2.05) is 0 Å². The molecule has 20 heavy (non-hydrogen) atoms. The molecular weight excluding hydrogens is 325 g/mol. The van der Waals surface area contributed by atoms with Crippen LogP contribution in [-0.4, -0.2) is 12.9 Å². The van der Waals surface area contributed by atoms with Gasteiger partial charge in [-0.3, -0.25) is 4.79 Å². The third kappa shape index (κ3) is 2.67. The van der Waals surface area contributed by atoms with Crippen molar-refractivity contribution in [1.29, 1.82) is 0 Å². The van der Waals surface area contributed by atoms with Crippen molar-refractivity contribution in [2.24, 2.45) is 0 Å². The van der Waals surface area contributed by atoms with Crippen LogP contribution in [0.3, 0.4) is 0 Å². The first-order chi connectivity index (χ1) is 9.43. The van der Waals surface area contributed by atoms with Crippen molar-refractivity contribution >= 4 is 27.4 Å². The highest BCUT2D eigenvalue weighted by Crippen LogP contribution is 2.28. The number of anilines is 1. The summed E-state index contributed by atoms with van der Waals surface area (Å²) in [4.78, 5) is 12.5. The van der Waals surface area contributed by atoms with Crippen LogP contribution in [0.15, 0.2) is 34.8 Å².